The molecular weight excluding hydrogens is 252 g/mol. The van der Waals surface area contributed by atoms with Crippen molar-refractivity contribution in [1.82, 2.24) is 19.9 Å². The van der Waals surface area contributed by atoms with Gasteiger partial charge >= 0.3 is 0 Å². The molecule has 0 spiro atoms. The minimum absolute atomic E-state index is 0.468. The summed E-state index contributed by atoms with van der Waals surface area (Å²) in [7, 11) is 2.09. The van der Waals surface area contributed by atoms with E-state index in [2.05, 4.69) is 58.0 Å². The zero-order valence-corrected chi connectivity index (χ0v) is 12.8. The molecule has 2 aromatic rings. The molecule has 2 N–H and O–H groups in total. The number of nitrogens with one attached hydrogen (secondary N) is 2. The van der Waals surface area contributed by atoms with Crippen molar-refractivity contribution in [3.63, 3.8) is 0 Å². The van der Waals surface area contributed by atoms with Crippen molar-refractivity contribution in [2.24, 2.45) is 0 Å². The van der Waals surface area contributed by atoms with Crippen molar-refractivity contribution in [3.05, 3.63) is 6.33 Å². The Hall–Kier alpha value is -1.85. The molecule has 0 unspecified atom stereocenters. The van der Waals surface area contributed by atoms with Gasteiger partial charge in [-0.05, 0) is 19.3 Å². The van der Waals surface area contributed by atoms with E-state index in [1.165, 1.54) is 0 Å². The molecule has 0 radical (unpaired) electrons. The van der Waals surface area contributed by atoms with Gasteiger partial charge in [0.05, 0.1) is 6.33 Å². The molecular formula is C14H24N6. The second kappa shape index (κ2) is 6.54. The number of aromatic amines is 1. The summed E-state index contributed by atoms with van der Waals surface area (Å²) in [4.78, 5) is 18.7. The van der Waals surface area contributed by atoms with Gasteiger partial charge in [0.1, 0.15) is 5.52 Å². The molecule has 6 heteroatoms. The van der Waals surface area contributed by atoms with Gasteiger partial charge in [-0.2, -0.15) is 9.97 Å². The first-order chi connectivity index (χ1) is 9.71. The van der Waals surface area contributed by atoms with E-state index in [0.717, 1.165) is 37.1 Å². The summed E-state index contributed by atoms with van der Waals surface area (Å²) in [5.74, 6) is 1.57. The Kier molecular flexibility index (Phi) is 4.76. The SMILES string of the molecule is CCCNc1nc(N(C)C(CC)CC)c2[nH]cnc2n1. The molecule has 6 nitrogen and oxygen atoms in total. The van der Waals surface area contributed by atoms with E-state index in [9.17, 15) is 0 Å². The Morgan fingerprint density at radius 2 is 2.00 bits per heavy atom. The zero-order valence-electron chi connectivity index (χ0n) is 12.8. The predicted octanol–water partition coefficient (Wildman–Crippen LogP) is 2.80. The number of aromatic nitrogens is 4. The van der Waals surface area contributed by atoms with Crippen molar-refractivity contribution < 1.29 is 0 Å². The first-order valence-corrected chi connectivity index (χ1v) is 7.39. The number of anilines is 2. The van der Waals surface area contributed by atoms with Gasteiger partial charge < -0.3 is 15.2 Å². The molecule has 0 saturated heterocycles. The monoisotopic (exact) mass is 276 g/mol. The van der Waals surface area contributed by atoms with Gasteiger partial charge in [-0.25, -0.2) is 4.98 Å². The number of hydrogen-bond donors (Lipinski definition) is 2. The van der Waals surface area contributed by atoms with Crippen LogP contribution in [0.2, 0.25) is 0 Å². The second-order valence-electron chi connectivity index (χ2n) is 4.98. The number of hydrogen-bond acceptors (Lipinski definition) is 5. The standard InChI is InChI=1S/C14H24N6/c1-5-8-15-14-18-12-11(16-9-17-12)13(19-14)20(4)10(6-2)7-3/h9-10H,5-8H2,1-4H3,(H2,15,16,17,18,19). The van der Waals surface area contributed by atoms with Gasteiger partial charge in [-0.3, -0.25) is 0 Å². The van der Waals surface area contributed by atoms with Crippen LogP contribution in [0.25, 0.3) is 11.2 Å². The van der Waals surface area contributed by atoms with E-state index in [0.29, 0.717) is 17.6 Å². The maximum atomic E-state index is 4.66. The number of nitrogens with zero attached hydrogens (tertiary/aromatic N) is 4. The number of imidazole rings is 1. The van der Waals surface area contributed by atoms with Crippen molar-refractivity contribution in [1.29, 1.82) is 0 Å². The topological polar surface area (TPSA) is 69.7 Å². The first-order valence-electron chi connectivity index (χ1n) is 7.39. The largest absolute Gasteiger partial charge is 0.355 e. The van der Waals surface area contributed by atoms with Crippen LogP contribution in [0.5, 0.6) is 0 Å². The van der Waals surface area contributed by atoms with E-state index in [-0.39, 0.29) is 0 Å². The molecule has 0 amide bonds. The maximum Gasteiger partial charge on any atom is 0.226 e. The summed E-state index contributed by atoms with van der Waals surface area (Å²) in [5, 5.41) is 3.24. The molecule has 0 saturated carbocycles. The summed E-state index contributed by atoms with van der Waals surface area (Å²) < 4.78 is 0. The van der Waals surface area contributed by atoms with Crippen molar-refractivity contribution in [2.45, 2.75) is 46.1 Å². The Balaban J connectivity index is 2.41. The zero-order chi connectivity index (χ0) is 14.5. The Labute approximate surface area is 120 Å². The molecule has 2 rings (SSSR count). The van der Waals surface area contributed by atoms with Crippen LogP contribution in [0.1, 0.15) is 40.0 Å². The average molecular weight is 276 g/mol. The van der Waals surface area contributed by atoms with Crippen LogP contribution < -0.4 is 10.2 Å². The van der Waals surface area contributed by atoms with E-state index in [1.807, 2.05) is 0 Å². The summed E-state index contributed by atoms with van der Waals surface area (Å²) in [5.41, 5.74) is 1.62. The molecule has 0 aromatic carbocycles. The predicted molar refractivity (Wildman–Crippen MR) is 83.2 cm³/mol. The van der Waals surface area contributed by atoms with Gasteiger partial charge in [0, 0.05) is 19.6 Å². The molecule has 0 atom stereocenters. The average Bonchev–Trinajstić information content (AvgIpc) is 2.93. The molecule has 0 aliphatic carbocycles. The summed E-state index contributed by atoms with van der Waals surface area (Å²) in [6, 6.07) is 0.468. The highest BCUT2D eigenvalue weighted by molar-refractivity contribution is 5.84. The lowest BCUT2D eigenvalue weighted by molar-refractivity contribution is 0.588. The minimum atomic E-state index is 0.468. The fourth-order valence-electron chi connectivity index (χ4n) is 2.40. The van der Waals surface area contributed by atoms with Crippen molar-refractivity contribution in [3.8, 4) is 0 Å². The summed E-state index contributed by atoms with van der Waals surface area (Å²) >= 11 is 0. The highest BCUT2D eigenvalue weighted by Crippen LogP contribution is 2.24. The smallest absolute Gasteiger partial charge is 0.226 e. The molecule has 2 aromatic heterocycles. The third-order valence-electron chi connectivity index (χ3n) is 3.62. The Morgan fingerprint density at radius 1 is 1.25 bits per heavy atom. The molecule has 0 fully saturated rings. The lowest BCUT2D eigenvalue weighted by Gasteiger charge is -2.27. The van der Waals surface area contributed by atoms with Crippen LogP contribution in [0.3, 0.4) is 0 Å². The van der Waals surface area contributed by atoms with Crippen molar-refractivity contribution in [2.75, 3.05) is 23.8 Å². The third-order valence-corrected chi connectivity index (χ3v) is 3.62. The highest BCUT2D eigenvalue weighted by atomic mass is 15.2. The first kappa shape index (κ1) is 14.6. The molecule has 2 heterocycles. The Morgan fingerprint density at radius 3 is 2.65 bits per heavy atom. The molecule has 20 heavy (non-hydrogen) atoms. The van der Waals surface area contributed by atoms with Gasteiger partial charge in [-0.15, -0.1) is 0 Å². The van der Waals surface area contributed by atoms with Gasteiger partial charge in [0.15, 0.2) is 11.5 Å². The van der Waals surface area contributed by atoms with Crippen molar-refractivity contribution >= 4 is 22.9 Å². The van der Waals surface area contributed by atoms with E-state index in [4.69, 9.17) is 0 Å². The quantitative estimate of drug-likeness (QED) is 0.813. The normalized spacial score (nSPS) is 11.2. The number of rotatable bonds is 7. The van der Waals surface area contributed by atoms with Crippen LogP contribution in [-0.4, -0.2) is 39.6 Å². The maximum absolute atomic E-state index is 4.66. The molecule has 0 aliphatic heterocycles. The van der Waals surface area contributed by atoms with Crippen LogP contribution in [-0.2, 0) is 0 Å². The number of H-pyrrole nitrogens is 1. The van der Waals surface area contributed by atoms with Crippen LogP contribution in [0, 0.1) is 0 Å². The van der Waals surface area contributed by atoms with E-state index >= 15 is 0 Å². The minimum Gasteiger partial charge on any atom is -0.355 e. The van der Waals surface area contributed by atoms with Gasteiger partial charge in [0.25, 0.3) is 0 Å². The molecule has 0 bridgehead atoms. The fraction of sp³-hybridized carbons (Fsp3) is 0.643. The lowest BCUT2D eigenvalue weighted by atomic mass is 10.1. The fourth-order valence-corrected chi connectivity index (χ4v) is 2.40. The molecule has 0 aliphatic rings. The third kappa shape index (κ3) is 2.84. The lowest BCUT2D eigenvalue weighted by Crippen LogP contribution is -2.31. The van der Waals surface area contributed by atoms with Crippen LogP contribution in [0.15, 0.2) is 6.33 Å². The van der Waals surface area contributed by atoms with Gasteiger partial charge in [0.2, 0.25) is 5.95 Å². The Bertz CT molecular complexity index is 546. The number of fused-ring (bicyclic) bond motifs is 1. The van der Waals surface area contributed by atoms with Gasteiger partial charge in [-0.1, -0.05) is 20.8 Å². The molecule has 110 valence electrons. The highest BCUT2D eigenvalue weighted by Gasteiger charge is 2.18. The van der Waals surface area contributed by atoms with E-state index in [1.54, 1.807) is 6.33 Å². The van der Waals surface area contributed by atoms with E-state index < -0.39 is 0 Å². The summed E-state index contributed by atoms with van der Waals surface area (Å²) in [6.45, 7) is 7.39. The second-order valence-corrected chi connectivity index (χ2v) is 4.98. The van der Waals surface area contributed by atoms with Crippen LogP contribution in [0.4, 0.5) is 11.8 Å². The summed E-state index contributed by atoms with van der Waals surface area (Å²) in [6.07, 6.45) is 4.89. The van der Waals surface area contributed by atoms with Crippen LogP contribution >= 0.6 is 0 Å².